The van der Waals surface area contributed by atoms with E-state index in [1.807, 2.05) is 18.2 Å². The number of Topliss-reactive ketones (excluding diaryl/α,β-unsaturated/α-hetero) is 1. The average molecular weight is 594 g/mol. The van der Waals surface area contributed by atoms with Crippen molar-refractivity contribution in [1.29, 1.82) is 0 Å². The number of amides is 3. The molecule has 11 nitrogen and oxygen atoms in total. The Morgan fingerprint density at radius 3 is 2.63 bits per heavy atom. The molecule has 4 aliphatic rings. The molecule has 2 aliphatic carbocycles. The lowest BCUT2D eigenvalue weighted by Crippen LogP contribution is -2.56. The van der Waals surface area contributed by atoms with Crippen LogP contribution in [0.3, 0.4) is 0 Å². The molecule has 3 heterocycles. The largest absolute Gasteiger partial charge is 0.496 e. The van der Waals surface area contributed by atoms with Crippen LogP contribution >= 0.6 is 0 Å². The van der Waals surface area contributed by atoms with E-state index in [4.69, 9.17) is 4.74 Å². The molecule has 3 amide bonds. The van der Waals surface area contributed by atoms with E-state index in [0.717, 1.165) is 62.3 Å². The van der Waals surface area contributed by atoms with Crippen molar-refractivity contribution in [2.24, 2.45) is 17.8 Å². The van der Waals surface area contributed by atoms with E-state index in [2.05, 4.69) is 20.9 Å². The third-order valence-corrected chi connectivity index (χ3v) is 10.1. The lowest BCUT2D eigenvalue weighted by molar-refractivity contribution is -0.141. The molecule has 43 heavy (non-hydrogen) atoms. The minimum atomic E-state index is -1.09. The lowest BCUT2D eigenvalue weighted by atomic mass is 9.91. The lowest BCUT2D eigenvalue weighted by Gasteiger charge is -2.30. The molecule has 0 bridgehead atoms. The van der Waals surface area contributed by atoms with E-state index in [1.165, 1.54) is 0 Å². The molecular weight excluding hydrogens is 550 g/mol. The van der Waals surface area contributed by atoms with Gasteiger partial charge in [-0.2, -0.15) is 0 Å². The molecule has 4 fully saturated rings. The van der Waals surface area contributed by atoms with E-state index in [0.29, 0.717) is 31.0 Å². The first-order chi connectivity index (χ1) is 20.8. The summed E-state index contributed by atoms with van der Waals surface area (Å²) >= 11 is 0. The summed E-state index contributed by atoms with van der Waals surface area (Å²) in [5, 5.41) is 20.0. The average Bonchev–Trinajstić information content (AvgIpc) is 3.80. The van der Waals surface area contributed by atoms with Crippen LogP contribution in [0, 0.1) is 17.8 Å². The molecule has 2 saturated carbocycles. The Morgan fingerprint density at radius 2 is 1.88 bits per heavy atom. The number of aliphatic hydroxyl groups excluding tert-OH is 1. The third kappa shape index (κ3) is 6.02. The maximum Gasteiger partial charge on any atom is 0.289 e. The van der Waals surface area contributed by atoms with Gasteiger partial charge in [-0.25, -0.2) is 0 Å². The molecule has 2 aliphatic heterocycles. The number of nitrogens with one attached hydrogen (secondary N) is 4. The topological polar surface area (TPSA) is 153 Å². The van der Waals surface area contributed by atoms with Crippen LogP contribution in [0.5, 0.6) is 5.75 Å². The number of benzene rings is 1. The van der Waals surface area contributed by atoms with Gasteiger partial charge in [-0.05, 0) is 75.1 Å². The monoisotopic (exact) mass is 593 g/mol. The number of ketones is 1. The zero-order chi connectivity index (χ0) is 30.1. The van der Waals surface area contributed by atoms with Gasteiger partial charge in [-0.1, -0.05) is 31.7 Å². The number of fused-ring (bicyclic) bond motifs is 2. The zero-order valence-electron chi connectivity index (χ0n) is 24.8. The highest BCUT2D eigenvalue weighted by Gasteiger charge is 2.50. The second-order valence-corrected chi connectivity index (χ2v) is 12.8. The quantitative estimate of drug-likeness (QED) is 0.280. The standard InChI is InChI=1S/C32H43N5O6/c1-43-26-12-6-11-23-22(26)16-25(35-23)32(42)37-17-19-7-5-10-21(19)27(37)30(40)36-24(15-18-13-14-33-29(18)39)28(38)31(41)34-20-8-3-2-4-9-20/h6,11-12,16,18-21,24,27,29,33,35,39H,2-5,7-10,13-15,17H2,1H3,(H,34,41)(H,36,40)/t18-,19-,21-,24-,27-,29?/m0/s1. The number of carbonyl (C=O) groups excluding carboxylic acids is 4. The normalized spacial score (nSPS) is 28.0. The van der Waals surface area contributed by atoms with Gasteiger partial charge in [0, 0.05) is 29.4 Å². The SMILES string of the molecule is COc1cccc2[nH]c(C(=O)N3C[C@@H]4CCC[C@@H]4[C@H]3C(=O)N[C@@H](C[C@@H]3CCNC3O)C(=O)C(=O)NC3CCCCC3)cc12. The second kappa shape index (κ2) is 12.7. The molecule has 2 saturated heterocycles. The molecule has 0 spiro atoms. The van der Waals surface area contributed by atoms with Gasteiger partial charge in [0.25, 0.3) is 11.8 Å². The first-order valence-corrected chi connectivity index (χ1v) is 15.9. The maximum atomic E-state index is 14.1. The van der Waals surface area contributed by atoms with Crippen molar-refractivity contribution in [3.8, 4) is 5.75 Å². The van der Waals surface area contributed by atoms with Crippen molar-refractivity contribution in [3.05, 3.63) is 30.0 Å². The molecule has 6 rings (SSSR count). The Balaban J connectivity index is 1.23. The summed E-state index contributed by atoms with van der Waals surface area (Å²) in [5.74, 6) is -1.53. The number of hydrogen-bond donors (Lipinski definition) is 5. The number of aliphatic hydroxyl groups is 1. The Morgan fingerprint density at radius 1 is 1.07 bits per heavy atom. The highest BCUT2D eigenvalue weighted by atomic mass is 16.5. The number of aromatic amines is 1. The number of nitrogens with zero attached hydrogens (tertiary/aromatic N) is 1. The number of likely N-dealkylation sites (tertiary alicyclic amines) is 1. The van der Waals surface area contributed by atoms with E-state index in [-0.39, 0.29) is 36.1 Å². The number of ether oxygens (including phenoxy) is 1. The Labute approximate surface area is 251 Å². The molecule has 232 valence electrons. The van der Waals surface area contributed by atoms with E-state index < -0.39 is 35.9 Å². The summed E-state index contributed by atoms with van der Waals surface area (Å²) in [6, 6.07) is 5.42. The number of aromatic nitrogens is 1. The second-order valence-electron chi connectivity index (χ2n) is 12.8. The summed E-state index contributed by atoms with van der Waals surface area (Å²) < 4.78 is 5.47. The van der Waals surface area contributed by atoms with Gasteiger partial charge in [0.1, 0.15) is 23.7 Å². The van der Waals surface area contributed by atoms with Crippen LogP contribution < -0.4 is 20.7 Å². The summed E-state index contributed by atoms with van der Waals surface area (Å²) in [5.41, 5.74) is 1.14. The van der Waals surface area contributed by atoms with Gasteiger partial charge in [0.05, 0.1) is 13.2 Å². The van der Waals surface area contributed by atoms with E-state index in [1.54, 1.807) is 18.1 Å². The van der Waals surface area contributed by atoms with Gasteiger partial charge in [0.2, 0.25) is 11.7 Å². The van der Waals surface area contributed by atoms with Crippen molar-refractivity contribution in [3.63, 3.8) is 0 Å². The Bertz CT molecular complexity index is 1370. The van der Waals surface area contributed by atoms with Crippen LogP contribution in [0.1, 0.15) is 74.7 Å². The number of rotatable bonds is 9. The molecule has 0 radical (unpaired) electrons. The summed E-state index contributed by atoms with van der Waals surface area (Å²) in [4.78, 5) is 59.5. The van der Waals surface area contributed by atoms with Crippen molar-refractivity contribution in [2.75, 3.05) is 20.2 Å². The molecule has 1 unspecified atom stereocenters. The smallest absolute Gasteiger partial charge is 0.289 e. The molecule has 2 aromatic rings. The molecule has 1 aromatic carbocycles. The number of hydrogen-bond acceptors (Lipinski definition) is 7. The fraction of sp³-hybridized carbons (Fsp3) is 0.625. The fourth-order valence-electron chi connectivity index (χ4n) is 7.87. The Hall–Kier alpha value is -3.44. The van der Waals surface area contributed by atoms with E-state index in [9.17, 15) is 24.3 Å². The predicted octanol–water partition coefficient (Wildman–Crippen LogP) is 2.24. The van der Waals surface area contributed by atoms with Crippen LogP contribution in [0.2, 0.25) is 0 Å². The van der Waals surface area contributed by atoms with Crippen LogP contribution in [-0.4, -0.2) is 83.0 Å². The van der Waals surface area contributed by atoms with Crippen molar-refractivity contribution >= 4 is 34.4 Å². The minimum Gasteiger partial charge on any atom is -0.496 e. The van der Waals surface area contributed by atoms with Crippen LogP contribution in [0.4, 0.5) is 0 Å². The Kier molecular flexibility index (Phi) is 8.72. The van der Waals surface area contributed by atoms with Crippen LogP contribution in [0.25, 0.3) is 10.9 Å². The molecular formula is C32H43N5O6. The van der Waals surface area contributed by atoms with Crippen molar-refractivity contribution in [2.45, 2.75) is 88.6 Å². The van der Waals surface area contributed by atoms with Gasteiger partial charge in [0.15, 0.2) is 0 Å². The first-order valence-electron chi connectivity index (χ1n) is 15.9. The zero-order valence-corrected chi connectivity index (χ0v) is 24.8. The highest BCUT2D eigenvalue weighted by molar-refractivity contribution is 6.38. The van der Waals surface area contributed by atoms with Gasteiger partial charge < -0.3 is 30.4 Å². The molecule has 6 atom stereocenters. The number of methoxy groups -OCH3 is 1. The van der Waals surface area contributed by atoms with Gasteiger partial charge in [-0.15, -0.1) is 0 Å². The first kappa shape index (κ1) is 29.6. The van der Waals surface area contributed by atoms with Crippen LogP contribution in [0.15, 0.2) is 24.3 Å². The van der Waals surface area contributed by atoms with Crippen molar-refractivity contribution in [1.82, 2.24) is 25.8 Å². The summed E-state index contributed by atoms with van der Waals surface area (Å²) in [6.45, 7) is 1.05. The van der Waals surface area contributed by atoms with Crippen LogP contribution in [-0.2, 0) is 14.4 Å². The molecule has 11 heteroatoms. The minimum absolute atomic E-state index is 0.0200. The third-order valence-electron chi connectivity index (χ3n) is 10.1. The summed E-state index contributed by atoms with van der Waals surface area (Å²) in [6.07, 6.45) is 7.52. The van der Waals surface area contributed by atoms with Gasteiger partial charge in [-0.3, -0.25) is 24.5 Å². The summed E-state index contributed by atoms with van der Waals surface area (Å²) in [7, 11) is 1.58. The molecule has 1 aromatic heterocycles. The van der Waals surface area contributed by atoms with Gasteiger partial charge >= 0.3 is 0 Å². The fourth-order valence-corrected chi connectivity index (χ4v) is 7.87. The van der Waals surface area contributed by atoms with Crippen molar-refractivity contribution < 1.29 is 29.0 Å². The predicted molar refractivity (Wildman–Crippen MR) is 159 cm³/mol. The maximum absolute atomic E-state index is 14.1. The number of H-pyrrole nitrogens is 1. The molecule has 5 N–H and O–H groups in total. The highest BCUT2D eigenvalue weighted by Crippen LogP contribution is 2.43. The van der Waals surface area contributed by atoms with E-state index >= 15 is 0 Å². The number of carbonyl (C=O) groups is 4.